The van der Waals surface area contributed by atoms with Crippen molar-refractivity contribution in [1.29, 1.82) is 0 Å². The summed E-state index contributed by atoms with van der Waals surface area (Å²) in [6, 6.07) is 13.9. The second-order valence-corrected chi connectivity index (χ2v) is 5.15. The lowest BCUT2D eigenvalue weighted by atomic mass is 10.2. The third-order valence-corrected chi connectivity index (χ3v) is 3.33. The first-order chi connectivity index (χ1) is 12.6. The molecule has 0 heterocycles. The third-order valence-electron chi connectivity index (χ3n) is 3.33. The van der Waals surface area contributed by atoms with Gasteiger partial charge in [-0.2, -0.15) is 0 Å². The van der Waals surface area contributed by atoms with Gasteiger partial charge in [-0.3, -0.25) is 20.4 Å². The Balaban J connectivity index is 1.91. The summed E-state index contributed by atoms with van der Waals surface area (Å²) < 4.78 is 10.5. The lowest BCUT2D eigenvalue weighted by Gasteiger charge is -2.10. The van der Waals surface area contributed by atoms with Crippen LogP contribution < -0.4 is 20.3 Å². The highest BCUT2D eigenvalue weighted by molar-refractivity contribution is 5.99. The summed E-state index contributed by atoms with van der Waals surface area (Å²) in [5.41, 5.74) is 5.83. The minimum atomic E-state index is -0.476. The molecule has 2 aromatic carbocycles. The van der Waals surface area contributed by atoms with Crippen LogP contribution >= 0.6 is 0 Å². The number of benzene rings is 2. The minimum Gasteiger partial charge on any atom is -0.497 e. The van der Waals surface area contributed by atoms with Crippen LogP contribution in [0.3, 0.4) is 0 Å². The number of para-hydroxylation sites is 1. The van der Waals surface area contributed by atoms with Crippen molar-refractivity contribution in [2.24, 2.45) is 0 Å². The molecule has 0 spiro atoms. The molecular formula is C20H20N2O4. The number of nitrogens with one attached hydrogen (secondary N) is 2. The van der Waals surface area contributed by atoms with Crippen LogP contribution in [0.4, 0.5) is 0 Å². The average Bonchev–Trinajstić information content (AvgIpc) is 2.69. The zero-order valence-electron chi connectivity index (χ0n) is 14.4. The molecular weight excluding hydrogens is 332 g/mol. The number of carbonyl (C=O) groups is 2. The largest absolute Gasteiger partial charge is 0.497 e. The maximum absolute atomic E-state index is 12.2. The first-order valence-corrected chi connectivity index (χ1v) is 7.89. The van der Waals surface area contributed by atoms with E-state index < -0.39 is 11.8 Å². The van der Waals surface area contributed by atoms with E-state index in [2.05, 4.69) is 17.4 Å². The molecule has 26 heavy (non-hydrogen) atoms. The summed E-state index contributed by atoms with van der Waals surface area (Å²) in [5.74, 6) is 0.207. The number of methoxy groups -OCH3 is 1. The average molecular weight is 352 g/mol. The summed E-state index contributed by atoms with van der Waals surface area (Å²) in [6.45, 7) is 3.85. The predicted octanol–water partition coefficient (Wildman–Crippen LogP) is 2.73. The molecule has 0 fully saturated rings. The van der Waals surface area contributed by atoms with Crippen molar-refractivity contribution in [3.63, 3.8) is 0 Å². The predicted molar refractivity (Wildman–Crippen MR) is 99.8 cm³/mol. The van der Waals surface area contributed by atoms with E-state index in [-0.39, 0.29) is 6.61 Å². The van der Waals surface area contributed by atoms with Gasteiger partial charge < -0.3 is 9.47 Å². The number of hydrogen-bond acceptors (Lipinski definition) is 4. The number of carbonyl (C=O) groups excluding carboxylic acids is 2. The number of hydrazine groups is 1. The molecule has 0 atom stereocenters. The zero-order valence-corrected chi connectivity index (χ0v) is 14.4. The molecule has 0 aliphatic carbocycles. The van der Waals surface area contributed by atoms with Crippen molar-refractivity contribution in [2.75, 3.05) is 13.7 Å². The highest BCUT2D eigenvalue weighted by Gasteiger charge is 2.12. The Morgan fingerprint density at radius 1 is 1.08 bits per heavy atom. The molecule has 0 aliphatic heterocycles. The van der Waals surface area contributed by atoms with Gasteiger partial charge in [0.1, 0.15) is 18.1 Å². The van der Waals surface area contributed by atoms with Crippen LogP contribution in [0.15, 0.2) is 67.3 Å². The fourth-order valence-electron chi connectivity index (χ4n) is 2.04. The molecule has 6 nitrogen and oxygen atoms in total. The van der Waals surface area contributed by atoms with Crippen molar-refractivity contribution >= 4 is 17.9 Å². The van der Waals surface area contributed by atoms with Crippen molar-refractivity contribution in [1.82, 2.24) is 10.9 Å². The van der Waals surface area contributed by atoms with Crippen LogP contribution in [-0.4, -0.2) is 25.5 Å². The second kappa shape index (κ2) is 9.68. The van der Waals surface area contributed by atoms with Gasteiger partial charge in [0.05, 0.1) is 12.7 Å². The van der Waals surface area contributed by atoms with Gasteiger partial charge in [0.15, 0.2) is 0 Å². The monoisotopic (exact) mass is 352 g/mol. The maximum atomic E-state index is 12.2. The number of amides is 2. The van der Waals surface area contributed by atoms with Gasteiger partial charge >= 0.3 is 0 Å². The van der Waals surface area contributed by atoms with Gasteiger partial charge in [0.2, 0.25) is 0 Å². The Morgan fingerprint density at radius 3 is 2.50 bits per heavy atom. The van der Waals surface area contributed by atoms with Crippen LogP contribution in [0.25, 0.3) is 6.08 Å². The molecule has 2 aromatic rings. The van der Waals surface area contributed by atoms with Crippen LogP contribution in [0.2, 0.25) is 0 Å². The van der Waals surface area contributed by atoms with E-state index in [1.165, 1.54) is 6.08 Å². The third kappa shape index (κ3) is 5.52. The van der Waals surface area contributed by atoms with E-state index in [1.807, 2.05) is 12.1 Å². The van der Waals surface area contributed by atoms with Crippen molar-refractivity contribution < 1.29 is 19.1 Å². The lowest BCUT2D eigenvalue weighted by molar-refractivity contribution is -0.117. The maximum Gasteiger partial charge on any atom is 0.273 e. The SMILES string of the molecule is C=CCOc1ccccc1C(=O)NNC(=O)C=Cc1ccc(OC)cc1. The standard InChI is InChI=1S/C20H20N2O4/c1-3-14-26-18-7-5-4-6-17(18)20(24)22-21-19(23)13-10-15-8-11-16(25-2)12-9-15/h3-13H,1,14H2,2H3,(H,21,23)(H,22,24). The zero-order chi connectivity index (χ0) is 18.8. The van der Waals surface area contributed by atoms with Crippen molar-refractivity contribution in [2.45, 2.75) is 0 Å². The highest BCUT2D eigenvalue weighted by Crippen LogP contribution is 2.17. The Bertz CT molecular complexity index is 798. The molecule has 2 amide bonds. The van der Waals surface area contributed by atoms with Gasteiger partial charge in [0.25, 0.3) is 11.8 Å². The van der Waals surface area contributed by atoms with E-state index >= 15 is 0 Å². The Morgan fingerprint density at radius 2 is 1.81 bits per heavy atom. The van der Waals surface area contributed by atoms with Gasteiger partial charge in [-0.25, -0.2) is 0 Å². The molecule has 0 unspecified atom stereocenters. The molecule has 0 radical (unpaired) electrons. The van der Waals surface area contributed by atoms with E-state index in [9.17, 15) is 9.59 Å². The molecule has 6 heteroatoms. The summed E-state index contributed by atoms with van der Waals surface area (Å²) in [6.07, 6.45) is 4.53. The van der Waals surface area contributed by atoms with Gasteiger partial charge in [0, 0.05) is 6.08 Å². The molecule has 2 N–H and O–H groups in total. The first-order valence-electron chi connectivity index (χ1n) is 7.89. The number of hydrogen-bond donors (Lipinski definition) is 2. The quantitative estimate of drug-likeness (QED) is 0.456. The molecule has 0 saturated heterocycles. The van der Waals surface area contributed by atoms with Crippen LogP contribution in [0.1, 0.15) is 15.9 Å². The number of rotatable bonds is 7. The van der Waals surface area contributed by atoms with Crippen LogP contribution in [-0.2, 0) is 4.79 Å². The fraction of sp³-hybridized carbons (Fsp3) is 0.100. The van der Waals surface area contributed by atoms with Gasteiger partial charge in [-0.05, 0) is 35.9 Å². The van der Waals surface area contributed by atoms with E-state index in [1.54, 1.807) is 55.7 Å². The highest BCUT2D eigenvalue weighted by atomic mass is 16.5. The molecule has 2 rings (SSSR count). The van der Waals surface area contributed by atoms with Gasteiger partial charge in [-0.15, -0.1) is 0 Å². The summed E-state index contributed by atoms with van der Waals surface area (Å²) in [4.78, 5) is 24.1. The Labute approximate surface area is 152 Å². The molecule has 0 saturated carbocycles. The topological polar surface area (TPSA) is 76.7 Å². The minimum absolute atomic E-state index is 0.279. The van der Waals surface area contributed by atoms with E-state index in [4.69, 9.17) is 9.47 Å². The first kappa shape index (κ1) is 18.8. The molecule has 134 valence electrons. The smallest absolute Gasteiger partial charge is 0.273 e. The van der Waals surface area contributed by atoms with Crippen molar-refractivity contribution in [3.8, 4) is 11.5 Å². The van der Waals surface area contributed by atoms with Crippen molar-refractivity contribution in [3.05, 3.63) is 78.4 Å². The van der Waals surface area contributed by atoms with Crippen LogP contribution in [0.5, 0.6) is 11.5 Å². The van der Waals surface area contributed by atoms with Crippen LogP contribution in [0, 0.1) is 0 Å². The molecule has 0 bridgehead atoms. The summed E-state index contributed by atoms with van der Waals surface area (Å²) in [5, 5.41) is 0. The number of ether oxygens (including phenoxy) is 2. The normalized spacial score (nSPS) is 10.2. The summed E-state index contributed by atoms with van der Waals surface area (Å²) >= 11 is 0. The second-order valence-electron chi connectivity index (χ2n) is 5.15. The van der Waals surface area contributed by atoms with E-state index in [0.29, 0.717) is 11.3 Å². The lowest BCUT2D eigenvalue weighted by Crippen LogP contribution is -2.40. The fourth-order valence-corrected chi connectivity index (χ4v) is 2.04. The summed E-state index contributed by atoms with van der Waals surface area (Å²) in [7, 11) is 1.58. The Hall–Kier alpha value is -3.54. The Kier molecular flexibility index (Phi) is 7.00. The molecule has 0 aliphatic rings. The molecule has 0 aromatic heterocycles. The van der Waals surface area contributed by atoms with Gasteiger partial charge in [-0.1, -0.05) is 36.9 Å². The van der Waals surface area contributed by atoms with E-state index in [0.717, 1.165) is 11.3 Å².